The average Bonchev–Trinajstić information content (AvgIpc) is 2.75. The van der Waals surface area contributed by atoms with Crippen LogP contribution in [0.15, 0.2) is 97.8 Å². The van der Waals surface area contributed by atoms with Crippen LogP contribution in [-0.4, -0.2) is 15.0 Å². The van der Waals surface area contributed by atoms with Gasteiger partial charge in [0.1, 0.15) is 5.82 Å². The van der Waals surface area contributed by atoms with E-state index in [0.717, 1.165) is 22.3 Å². The number of halogens is 1. The molecule has 1 atom stereocenters. The number of hydrogen-bond acceptors (Lipinski definition) is 3. The Morgan fingerprint density at radius 2 is 0.926 bits per heavy atom. The van der Waals surface area contributed by atoms with Crippen molar-refractivity contribution in [1.82, 2.24) is 15.0 Å². The molecule has 1 aromatic carbocycles. The van der Waals surface area contributed by atoms with Gasteiger partial charge in [0, 0.05) is 49.0 Å². The molecule has 0 amide bonds. The smallest absolute Gasteiger partial charge is 0.123 e. The fourth-order valence-electron chi connectivity index (χ4n) is 3.50. The van der Waals surface area contributed by atoms with Crippen molar-refractivity contribution in [3.05, 3.63) is 126 Å². The van der Waals surface area contributed by atoms with Gasteiger partial charge in [-0.15, -0.1) is 0 Å². The summed E-state index contributed by atoms with van der Waals surface area (Å²) in [6.07, 6.45) is 10.9. The summed E-state index contributed by atoms with van der Waals surface area (Å²) in [7, 11) is 0. The minimum absolute atomic E-state index is 0.0259. The molecule has 27 heavy (non-hydrogen) atoms. The molecule has 3 nitrogen and oxygen atoms in total. The Kier molecular flexibility index (Phi) is 4.97. The van der Waals surface area contributed by atoms with Crippen LogP contribution in [0.25, 0.3) is 0 Å². The van der Waals surface area contributed by atoms with Crippen molar-refractivity contribution in [1.29, 1.82) is 0 Å². The molecule has 4 rings (SSSR count). The van der Waals surface area contributed by atoms with Crippen molar-refractivity contribution in [3.8, 4) is 0 Å². The maximum Gasteiger partial charge on any atom is 0.123 e. The normalized spacial score (nSPS) is 12.1. The maximum atomic E-state index is 13.6. The summed E-state index contributed by atoms with van der Waals surface area (Å²) in [5.74, 6) is -0.322. The second-order valence-electron chi connectivity index (χ2n) is 6.37. The summed E-state index contributed by atoms with van der Waals surface area (Å²) < 4.78 is 13.6. The highest BCUT2D eigenvalue weighted by Crippen LogP contribution is 2.42. The van der Waals surface area contributed by atoms with E-state index in [-0.39, 0.29) is 17.7 Å². The van der Waals surface area contributed by atoms with Gasteiger partial charge in [-0.1, -0.05) is 30.3 Å². The first-order chi connectivity index (χ1) is 13.3. The first-order valence-corrected chi connectivity index (χ1v) is 8.78. The molecule has 0 saturated heterocycles. The lowest BCUT2D eigenvalue weighted by molar-refractivity contribution is 0.623. The Labute approximate surface area is 157 Å². The minimum atomic E-state index is -0.247. The zero-order valence-corrected chi connectivity index (χ0v) is 14.6. The quantitative estimate of drug-likeness (QED) is 0.507. The predicted octanol–water partition coefficient (Wildman–Crippen LogP) is 4.97. The summed E-state index contributed by atoms with van der Waals surface area (Å²) in [5.41, 5.74) is 4.22. The van der Waals surface area contributed by atoms with Crippen molar-refractivity contribution >= 4 is 0 Å². The second-order valence-corrected chi connectivity index (χ2v) is 6.37. The fraction of sp³-hybridized carbons (Fsp3) is 0.0870. The van der Waals surface area contributed by atoms with E-state index in [1.54, 1.807) is 18.6 Å². The molecule has 3 heterocycles. The van der Waals surface area contributed by atoms with Gasteiger partial charge in [0.15, 0.2) is 0 Å². The zero-order chi connectivity index (χ0) is 18.5. The molecule has 0 fully saturated rings. The molecule has 0 aliphatic rings. The number of pyridine rings is 3. The lowest BCUT2D eigenvalue weighted by atomic mass is 9.75. The highest BCUT2D eigenvalue weighted by atomic mass is 19.1. The molecule has 0 radical (unpaired) electrons. The topological polar surface area (TPSA) is 38.7 Å². The maximum absolute atomic E-state index is 13.6. The largest absolute Gasteiger partial charge is 0.264 e. The first-order valence-electron chi connectivity index (χ1n) is 8.78. The van der Waals surface area contributed by atoms with E-state index in [1.165, 1.54) is 12.1 Å². The highest BCUT2D eigenvalue weighted by Gasteiger charge is 2.28. The average molecular weight is 355 g/mol. The third kappa shape index (κ3) is 3.75. The van der Waals surface area contributed by atoms with Crippen molar-refractivity contribution in [2.75, 3.05) is 0 Å². The van der Waals surface area contributed by atoms with Crippen molar-refractivity contribution < 1.29 is 4.39 Å². The Morgan fingerprint density at radius 1 is 0.519 bits per heavy atom. The lowest BCUT2D eigenvalue weighted by Crippen LogP contribution is -2.15. The molecular formula is C23H18FN3. The van der Waals surface area contributed by atoms with Crippen molar-refractivity contribution in [3.63, 3.8) is 0 Å². The highest BCUT2D eigenvalue weighted by molar-refractivity contribution is 5.42. The molecule has 0 N–H and O–H groups in total. The summed E-state index contributed by atoms with van der Waals surface area (Å²) in [5, 5.41) is 0. The van der Waals surface area contributed by atoms with Gasteiger partial charge in [-0.05, 0) is 52.6 Å². The van der Waals surface area contributed by atoms with E-state index in [0.29, 0.717) is 0 Å². The van der Waals surface area contributed by atoms with Crippen LogP contribution in [0.5, 0.6) is 0 Å². The number of aromatic nitrogens is 3. The van der Waals surface area contributed by atoms with Crippen LogP contribution in [0.4, 0.5) is 4.39 Å². The van der Waals surface area contributed by atoms with E-state index in [4.69, 9.17) is 0 Å². The molecule has 0 saturated carbocycles. The van der Waals surface area contributed by atoms with Gasteiger partial charge in [-0.25, -0.2) is 4.39 Å². The van der Waals surface area contributed by atoms with E-state index in [1.807, 2.05) is 48.9 Å². The molecule has 0 aliphatic carbocycles. The van der Waals surface area contributed by atoms with Gasteiger partial charge < -0.3 is 0 Å². The third-order valence-electron chi connectivity index (χ3n) is 4.69. The Hall–Kier alpha value is -3.40. The standard InChI is InChI=1S/C23H18FN3/c24-21-9-7-17(8-10-21)22(18-4-1-11-25-14-18)23(19-5-2-12-26-15-19)20-6-3-13-27-16-20/h1-16,22-23H. The van der Waals surface area contributed by atoms with Crippen LogP contribution < -0.4 is 0 Å². The molecule has 0 spiro atoms. The van der Waals surface area contributed by atoms with Gasteiger partial charge >= 0.3 is 0 Å². The summed E-state index contributed by atoms with van der Waals surface area (Å²) in [6.45, 7) is 0. The lowest BCUT2D eigenvalue weighted by Gasteiger charge is -2.28. The first kappa shape index (κ1) is 17.0. The molecular weight excluding hydrogens is 337 g/mol. The third-order valence-corrected chi connectivity index (χ3v) is 4.69. The molecule has 0 bridgehead atoms. The molecule has 4 heteroatoms. The monoisotopic (exact) mass is 355 g/mol. The number of hydrogen-bond donors (Lipinski definition) is 0. The van der Waals surface area contributed by atoms with Crippen molar-refractivity contribution in [2.45, 2.75) is 11.8 Å². The van der Waals surface area contributed by atoms with Crippen LogP contribution in [0, 0.1) is 5.82 Å². The minimum Gasteiger partial charge on any atom is -0.264 e. The molecule has 1 unspecified atom stereocenters. The van der Waals surface area contributed by atoms with Crippen LogP contribution in [0.3, 0.4) is 0 Å². The van der Waals surface area contributed by atoms with Crippen LogP contribution in [-0.2, 0) is 0 Å². The Balaban J connectivity index is 1.93. The molecule has 4 aromatic rings. The van der Waals surface area contributed by atoms with E-state index in [2.05, 4.69) is 33.2 Å². The van der Waals surface area contributed by atoms with Gasteiger partial charge in [-0.2, -0.15) is 0 Å². The second kappa shape index (κ2) is 7.87. The predicted molar refractivity (Wildman–Crippen MR) is 103 cm³/mol. The zero-order valence-electron chi connectivity index (χ0n) is 14.6. The van der Waals surface area contributed by atoms with Crippen LogP contribution in [0.2, 0.25) is 0 Å². The number of nitrogens with zero attached hydrogens (tertiary/aromatic N) is 3. The fourth-order valence-corrected chi connectivity index (χ4v) is 3.50. The SMILES string of the molecule is Fc1ccc(C(c2cccnc2)C(c2cccnc2)c2cccnc2)cc1. The molecule has 0 aliphatic heterocycles. The Morgan fingerprint density at radius 3 is 1.30 bits per heavy atom. The summed E-state index contributed by atoms with van der Waals surface area (Å²) in [4.78, 5) is 13.0. The summed E-state index contributed by atoms with van der Waals surface area (Å²) in [6, 6.07) is 18.7. The van der Waals surface area contributed by atoms with Crippen LogP contribution in [0.1, 0.15) is 34.1 Å². The van der Waals surface area contributed by atoms with Gasteiger partial charge in [0.05, 0.1) is 0 Å². The number of benzene rings is 1. The van der Waals surface area contributed by atoms with E-state index < -0.39 is 0 Å². The number of rotatable bonds is 5. The van der Waals surface area contributed by atoms with Gasteiger partial charge in [0.2, 0.25) is 0 Å². The van der Waals surface area contributed by atoms with Crippen LogP contribution >= 0.6 is 0 Å². The van der Waals surface area contributed by atoms with Gasteiger partial charge in [0.25, 0.3) is 0 Å². The molecule has 3 aromatic heterocycles. The van der Waals surface area contributed by atoms with E-state index >= 15 is 0 Å². The van der Waals surface area contributed by atoms with E-state index in [9.17, 15) is 4.39 Å². The van der Waals surface area contributed by atoms with Crippen molar-refractivity contribution in [2.24, 2.45) is 0 Å². The Bertz CT molecular complexity index is 935. The van der Waals surface area contributed by atoms with Gasteiger partial charge in [-0.3, -0.25) is 15.0 Å². The summed E-state index contributed by atoms with van der Waals surface area (Å²) >= 11 is 0. The molecule has 132 valence electrons.